The highest BCUT2D eigenvalue weighted by atomic mass is 19.1. The molecule has 5 heteroatoms. The lowest BCUT2D eigenvalue weighted by Gasteiger charge is -2.33. The van der Waals surface area contributed by atoms with Gasteiger partial charge in [-0.15, -0.1) is 0 Å². The van der Waals surface area contributed by atoms with E-state index in [1.165, 1.54) is 12.1 Å². The smallest absolute Gasteiger partial charge is 0.131 e. The van der Waals surface area contributed by atoms with E-state index < -0.39 is 17.7 Å². The van der Waals surface area contributed by atoms with Crippen LogP contribution >= 0.6 is 0 Å². The van der Waals surface area contributed by atoms with E-state index in [0.717, 1.165) is 32.0 Å². The molecule has 0 saturated carbocycles. The Labute approximate surface area is 118 Å². The number of aliphatic hydroxyl groups is 1. The van der Waals surface area contributed by atoms with Crippen LogP contribution in [0.4, 0.5) is 8.78 Å². The van der Waals surface area contributed by atoms with E-state index in [9.17, 15) is 13.9 Å². The monoisotopic (exact) mass is 285 g/mol. The van der Waals surface area contributed by atoms with Gasteiger partial charge in [-0.25, -0.2) is 8.78 Å². The maximum absolute atomic E-state index is 13.6. The van der Waals surface area contributed by atoms with Gasteiger partial charge >= 0.3 is 0 Å². The summed E-state index contributed by atoms with van der Waals surface area (Å²) >= 11 is 0. The third kappa shape index (κ3) is 3.98. The molecule has 2 rings (SSSR count). The highest BCUT2D eigenvalue weighted by Crippen LogP contribution is 2.22. The molecule has 1 aromatic carbocycles. The second kappa shape index (κ2) is 7.11. The fraction of sp³-hybridized carbons (Fsp3) is 0.600. The Bertz CT molecular complexity index is 440. The zero-order valence-electron chi connectivity index (χ0n) is 11.7. The molecule has 1 saturated heterocycles. The van der Waals surface area contributed by atoms with E-state index in [4.69, 9.17) is 4.74 Å². The molecule has 1 aliphatic heterocycles. The van der Waals surface area contributed by atoms with Gasteiger partial charge in [-0.1, -0.05) is 6.07 Å². The third-order valence-corrected chi connectivity index (χ3v) is 3.76. The topological polar surface area (TPSA) is 32.7 Å². The first kappa shape index (κ1) is 15.4. The van der Waals surface area contributed by atoms with Crippen molar-refractivity contribution in [2.24, 2.45) is 5.92 Å². The number of halogens is 2. The van der Waals surface area contributed by atoms with Crippen molar-refractivity contribution in [2.45, 2.75) is 18.9 Å². The highest BCUT2D eigenvalue weighted by molar-refractivity contribution is 5.21. The number of piperidine rings is 1. The number of likely N-dealkylation sites (tertiary alicyclic amines) is 1. The minimum absolute atomic E-state index is 0.153. The first-order valence-corrected chi connectivity index (χ1v) is 6.94. The molecular weight excluding hydrogens is 264 g/mol. The SMILES string of the molecule is COCC1CCCN(CC(O)c2ccc(F)cc2F)C1. The van der Waals surface area contributed by atoms with E-state index in [1.807, 2.05) is 0 Å². The molecule has 0 aromatic heterocycles. The Kier molecular flexibility index (Phi) is 5.46. The molecule has 0 bridgehead atoms. The van der Waals surface area contributed by atoms with Crippen LogP contribution in [0.25, 0.3) is 0 Å². The normalized spacial score (nSPS) is 21.9. The lowest BCUT2D eigenvalue weighted by molar-refractivity contribution is 0.0551. The molecule has 1 aromatic rings. The molecule has 112 valence electrons. The Hall–Kier alpha value is -1.04. The molecular formula is C15H21F2NO2. The van der Waals surface area contributed by atoms with Crippen LogP contribution in [0, 0.1) is 17.6 Å². The lowest BCUT2D eigenvalue weighted by atomic mass is 9.98. The van der Waals surface area contributed by atoms with E-state index in [1.54, 1.807) is 7.11 Å². The van der Waals surface area contributed by atoms with Crippen molar-refractivity contribution in [3.63, 3.8) is 0 Å². The van der Waals surface area contributed by atoms with E-state index in [0.29, 0.717) is 19.1 Å². The summed E-state index contributed by atoms with van der Waals surface area (Å²) in [5.41, 5.74) is 0.153. The quantitative estimate of drug-likeness (QED) is 0.901. The van der Waals surface area contributed by atoms with Gasteiger partial charge in [0.05, 0.1) is 12.7 Å². The molecule has 0 aliphatic carbocycles. The van der Waals surface area contributed by atoms with Crippen LogP contribution in [-0.4, -0.2) is 43.4 Å². The summed E-state index contributed by atoms with van der Waals surface area (Å²) in [6.45, 7) is 2.80. The number of β-amino-alcohol motifs (C(OH)–C–C–N with tert-alkyl or cyclic N) is 1. The molecule has 2 atom stereocenters. The summed E-state index contributed by atoms with van der Waals surface area (Å²) < 4.78 is 31.6. The van der Waals surface area contributed by atoms with Crippen molar-refractivity contribution >= 4 is 0 Å². The van der Waals surface area contributed by atoms with Crippen LogP contribution in [0.3, 0.4) is 0 Å². The Morgan fingerprint density at radius 2 is 2.25 bits per heavy atom. The summed E-state index contributed by atoms with van der Waals surface area (Å²) in [5.74, 6) is -0.862. The van der Waals surface area contributed by atoms with Gasteiger partial charge in [0, 0.05) is 31.8 Å². The predicted octanol–water partition coefficient (Wildman–Crippen LogP) is 2.36. The van der Waals surface area contributed by atoms with Gasteiger partial charge in [-0.3, -0.25) is 0 Å². The molecule has 1 heterocycles. The average Bonchev–Trinajstić information content (AvgIpc) is 2.39. The summed E-state index contributed by atoms with van der Waals surface area (Å²) in [5, 5.41) is 10.1. The van der Waals surface area contributed by atoms with Gasteiger partial charge in [0.1, 0.15) is 11.6 Å². The molecule has 0 amide bonds. The Morgan fingerprint density at radius 1 is 1.45 bits per heavy atom. The number of nitrogens with zero attached hydrogens (tertiary/aromatic N) is 1. The van der Waals surface area contributed by atoms with Gasteiger partial charge in [-0.2, -0.15) is 0 Å². The van der Waals surface area contributed by atoms with Crippen LogP contribution in [0.1, 0.15) is 24.5 Å². The van der Waals surface area contributed by atoms with Crippen LogP contribution in [0.2, 0.25) is 0 Å². The average molecular weight is 285 g/mol. The zero-order valence-corrected chi connectivity index (χ0v) is 11.7. The van der Waals surface area contributed by atoms with E-state index in [2.05, 4.69) is 4.90 Å². The van der Waals surface area contributed by atoms with Gasteiger partial charge in [0.15, 0.2) is 0 Å². The number of hydrogen-bond acceptors (Lipinski definition) is 3. The number of methoxy groups -OCH3 is 1. The largest absolute Gasteiger partial charge is 0.387 e. The molecule has 1 N–H and O–H groups in total. The van der Waals surface area contributed by atoms with Gasteiger partial charge in [0.25, 0.3) is 0 Å². The van der Waals surface area contributed by atoms with Crippen LogP contribution in [0.15, 0.2) is 18.2 Å². The summed E-state index contributed by atoms with van der Waals surface area (Å²) in [7, 11) is 1.68. The van der Waals surface area contributed by atoms with Gasteiger partial charge in [-0.05, 0) is 31.4 Å². The number of aliphatic hydroxyl groups excluding tert-OH is 1. The standard InChI is InChI=1S/C15H21F2NO2/c1-20-10-11-3-2-6-18(8-11)9-15(19)13-5-4-12(16)7-14(13)17/h4-5,7,11,15,19H,2-3,6,8-10H2,1H3. The van der Waals surface area contributed by atoms with Gasteiger partial charge < -0.3 is 14.7 Å². The fourth-order valence-electron chi connectivity index (χ4n) is 2.80. The Morgan fingerprint density at radius 3 is 2.95 bits per heavy atom. The highest BCUT2D eigenvalue weighted by Gasteiger charge is 2.23. The molecule has 1 fully saturated rings. The van der Waals surface area contributed by atoms with Gasteiger partial charge in [0.2, 0.25) is 0 Å². The molecule has 0 radical (unpaired) electrons. The fourth-order valence-corrected chi connectivity index (χ4v) is 2.80. The van der Waals surface area contributed by atoms with Crippen LogP contribution in [0.5, 0.6) is 0 Å². The molecule has 0 spiro atoms. The number of benzene rings is 1. The number of hydrogen-bond donors (Lipinski definition) is 1. The van der Waals surface area contributed by atoms with E-state index >= 15 is 0 Å². The maximum Gasteiger partial charge on any atom is 0.131 e. The van der Waals surface area contributed by atoms with Crippen LogP contribution in [-0.2, 0) is 4.74 Å². The molecule has 1 aliphatic rings. The van der Waals surface area contributed by atoms with Crippen molar-refractivity contribution < 1.29 is 18.6 Å². The number of rotatable bonds is 5. The summed E-state index contributed by atoms with van der Waals surface area (Å²) in [4.78, 5) is 2.11. The second-order valence-corrected chi connectivity index (χ2v) is 5.40. The second-order valence-electron chi connectivity index (χ2n) is 5.40. The Balaban J connectivity index is 1.95. The van der Waals surface area contributed by atoms with Crippen molar-refractivity contribution in [3.8, 4) is 0 Å². The zero-order chi connectivity index (χ0) is 14.5. The van der Waals surface area contributed by atoms with Crippen LogP contribution < -0.4 is 0 Å². The lowest BCUT2D eigenvalue weighted by Crippen LogP contribution is -2.39. The number of ether oxygens (including phenoxy) is 1. The molecule has 2 unspecified atom stereocenters. The minimum Gasteiger partial charge on any atom is -0.387 e. The minimum atomic E-state index is -0.933. The molecule has 3 nitrogen and oxygen atoms in total. The summed E-state index contributed by atoms with van der Waals surface area (Å²) in [6.07, 6.45) is 1.23. The van der Waals surface area contributed by atoms with Crippen molar-refractivity contribution in [3.05, 3.63) is 35.4 Å². The van der Waals surface area contributed by atoms with Crippen molar-refractivity contribution in [1.82, 2.24) is 4.90 Å². The van der Waals surface area contributed by atoms with E-state index in [-0.39, 0.29) is 5.56 Å². The van der Waals surface area contributed by atoms with Crippen molar-refractivity contribution in [1.29, 1.82) is 0 Å². The van der Waals surface area contributed by atoms with Crippen molar-refractivity contribution in [2.75, 3.05) is 33.4 Å². The first-order valence-electron chi connectivity index (χ1n) is 6.94. The molecule has 20 heavy (non-hydrogen) atoms. The predicted molar refractivity (Wildman–Crippen MR) is 72.4 cm³/mol. The third-order valence-electron chi connectivity index (χ3n) is 3.76. The maximum atomic E-state index is 13.6. The first-order chi connectivity index (χ1) is 9.60. The summed E-state index contributed by atoms with van der Waals surface area (Å²) in [6, 6.07) is 3.29.